The summed E-state index contributed by atoms with van der Waals surface area (Å²) in [6.45, 7) is 3.16. The molecule has 4 saturated heterocycles. The zero-order valence-electron chi connectivity index (χ0n) is 26.6. The van der Waals surface area contributed by atoms with Crippen molar-refractivity contribution in [1.82, 2.24) is 20.2 Å². The van der Waals surface area contributed by atoms with E-state index >= 15 is 4.39 Å². The largest absolute Gasteiger partial charge is 0.461 e. The number of hydrogen-bond donors (Lipinski definition) is 1. The molecule has 1 aliphatic carbocycles. The first-order valence-electron chi connectivity index (χ1n) is 17.1. The van der Waals surface area contributed by atoms with Gasteiger partial charge in [0.05, 0.1) is 5.54 Å². The summed E-state index contributed by atoms with van der Waals surface area (Å²) in [5.41, 5.74) is 0.475. The fourth-order valence-corrected chi connectivity index (χ4v) is 8.75. The molecule has 2 bridgehead atoms. The highest BCUT2D eigenvalue weighted by Crippen LogP contribution is 2.45. The standard InChI is InChI=1S/C37H37F2N5O4/c38-23-15-37(10-3-11-44(37)16-23)19-47-36-41-33-30(35(42-36)43-17-24-8-9-25(18-43)40-24)14-29(34(46)21-6-7-21)31(32(33)39)28-13-26(48-20-45)12-22-4-1-2-5-27(22)28/h1-2,4-5,12-14,20-21,23-25,40H,3,6-11,15-19H2/t23-,24-,25+,37+/m1/s1. The van der Waals surface area contributed by atoms with Crippen LogP contribution in [-0.4, -0.2) is 83.7 Å². The molecular formula is C37H37F2N5O4. The van der Waals surface area contributed by atoms with Crippen molar-refractivity contribution >= 4 is 39.7 Å². The summed E-state index contributed by atoms with van der Waals surface area (Å²) in [7, 11) is 0. The average molecular weight is 654 g/mol. The van der Waals surface area contributed by atoms with E-state index in [-0.39, 0.29) is 58.8 Å². The third kappa shape index (κ3) is 5.01. The third-order valence-electron chi connectivity index (χ3n) is 11.1. The van der Waals surface area contributed by atoms with Gasteiger partial charge in [-0.05, 0) is 79.6 Å². The zero-order valence-corrected chi connectivity index (χ0v) is 26.6. The van der Waals surface area contributed by atoms with Crippen molar-refractivity contribution in [2.24, 2.45) is 5.92 Å². The van der Waals surface area contributed by atoms with E-state index in [4.69, 9.17) is 19.4 Å². The summed E-state index contributed by atoms with van der Waals surface area (Å²) in [5.74, 6) is -0.160. The number of Topliss-reactive ketones (excluding diaryl/α,β-unsaturated/α-hetero) is 1. The molecule has 4 atom stereocenters. The van der Waals surface area contributed by atoms with E-state index in [1.165, 1.54) is 0 Å². The smallest absolute Gasteiger partial charge is 0.319 e. The number of nitrogens with one attached hydrogen (secondary N) is 1. The Bertz CT molecular complexity index is 1960. The van der Waals surface area contributed by atoms with Gasteiger partial charge in [0.15, 0.2) is 11.6 Å². The maximum Gasteiger partial charge on any atom is 0.319 e. The SMILES string of the molecule is O=COc1cc(-c2c(C(=O)C3CC3)cc3c(N4C[C@H]5CC[C@@H](C4)N5)nc(OC[C@@]45CCCN4C[C@H](F)C5)nc3c2F)c2ccccc2c1. The first kappa shape index (κ1) is 29.9. The molecule has 4 aliphatic heterocycles. The molecule has 5 fully saturated rings. The predicted octanol–water partition coefficient (Wildman–Crippen LogP) is 5.61. The van der Waals surface area contributed by atoms with Gasteiger partial charge in [-0.15, -0.1) is 0 Å². The second-order valence-corrected chi connectivity index (χ2v) is 14.3. The number of rotatable bonds is 9. The Balaban J connectivity index is 1.24. The fraction of sp³-hybridized carbons (Fsp3) is 0.459. The van der Waals surface area contributed by atoms with Crippen molar-refractivity contribution in [2.75, 3.05) is 37.7 Å². The minimum atomic E-state index is -0.908. The van der Waals surface area contributed by atoms with Crippen LogP contribution < -0.4 is 19.7 Å². The van der Waals surface area contributed by atoms with Crippen molar-refractivity contribution in [3.63, 3.8) is 0 Å². The van der Waals surface area contributed by atoms with E-state index in [9.17, 15) is 14.0 Å². The van der Waals surface area contributed by atoms with Gasteiger partial charge in [-0.1, -0.05) is 24.3 Å². The van der Waals surface area contributed by atoms with E-state index in [2.05, 4.69) is 15.1 Å². The number of anilines is 1. The van der Waals surface area contributed by atoms with E-state index in [0.717, 1.165) is 50.5 Å². The molecule has 1 aromatic heterocycles. The molecule has 1 N–H and O–H groups in total. The topological polar surface area (TPSA) is 96.9 Å². The Labute approximate surface area is 276 Å². The summed E-state index contributed by atoms with van der Waals surface area (Å²) in [5, 5.41) is 5.56. The molecule has 11 heteroatoms. The molecule has 48 heavy (non-hydrogen) atoms. The van der Waals surface area contributed by atoms with E-state index in [1.54, 1.807) is 18.2 Å². The van der Waals surface area contributed by atoms with Gasteiger partial charge in [-0.3, -0.25) is 14.5 Å². The van der Waals surface area contributed by atoms with E-state index in [1.807, 2.05) is 24.3 Å². The second kappa shape index (κ2) is 11.4. The van der Waals surface area contributed by atoms with Crippen molar-refractivity contribution in [3.8, 4) is 22.9 Å². The minimum Gasteiger partial charge on any atom is -0.461 e. The molecule has 5 heterocycles. The summed E-state index contributed by atoms with van der Waals surface area (Å²) < 4.78 is 43.7. The Morgan fingerprint density at radius 1 is 1.04 bits per heavy atom. The van der Waals surface area contributed by atoms with Crippen molar-refractivity contribution < 1.29 is 27.8 Å². The normalized spacial score (nSPS) is 26.7. The minimum absolute atomic E-state index is 0.0425. The lowest BCUT2D eigenvalue weighted by atomic mass is 9.89. The number of aromatic nitrogens is 2. The number of fused-ring (bicyclic) bond motifs is 5. The lowest BCUT2D eigenvalue weighted by Gasteiger charge is -2.35. The number of nitrogens with zero attached hydrogens (tertiary/aromatic N) is 4. The van der Waals surface area contributed by atoms with Crippen LogP contribution in [0.4, 0.5) is 14.6 Å². The van der Waals surface area contributed by atoms with Gasteiger partial charge in [0.1, 0.15) is 29.9 Å². The number of hydrogen-bond acceptors (Lipinski definition) is 9. The van der Waals surface area contributed by atoms with Crippen molar-refractivity contribution in [1.29, 1.82) is 0 Å². The summed E-state index contributed by atoms with van der Waals surface area (Å²) in [6.07, 6.45) is 4.89. The predicted molar refractivity (Wildman–Crippen MR) is 177 cm³/mol. The Morgan fingerprint density at radius 3 is 2.65 bits per heavy atom. The molecular weight excluding hydrogens is 616 g/mol. The molecule has 5 aliphatic rings. The first-order valence-corrected chi connectivity index (χ1v) is 17.1. The van der Waals surface area contributed by atoms with Gasteiger partial charge in [-0.2, -0.15) is 9.97 Å². The summed E-state index contributed by atoms with van der Waals surface area (Å²) >= 11 is 0. The highest BCUT2D eigenvalue weighted by atomic mass is 19.1. The number of benzene rings is 3. The van der Waals surface area contributed by atoms with Gasteiger partial charge in [0.2, 0.25) is 0 Å². The van der Waals surface area contributed by atoms with Gasteiger partial charge in [0.25, 0.3) is 6.47 Å². The van der Waals surface area contributed by atoms with Gasteiger partial charge in [0, 0.05) is 60.6 Å². The number of carbonyl (C=O) groups is 2. The van der Waals surface area contributed by atoms with Crippen LogP contribution in [0, 0.1) is 11.7 Å². The molecule has 9 nitrogen and oxygen atoms in total. The van der Waals surface area contributed by atoms with Crippen LogP contribution >= 0.6 is 0 Å². The maximum absolute atomic E-state index is 17.5. The van der Waals surface area contributed by atoms with Crippen LogP contribution in [0.15, 0.2) is 42.5 Å². The number of piperazine rings is 1. The van der Waals surface area contributed by atoms with Crippen molar-refractivity contribution in [3.05, 3.63) is 53.8 Å². The van der Waals surface area contributed by atoms with Crippen LogP contribution in [0.2, 0.25) is 0 Å². The van der Waals surface area contributed by atoms with Crippen LogP contribution in [0.5, 0.6) is 11.8 Å². The maximum atomic E-state index is 17.5. The summed E-state index contributed by atoms with van der Waals surface area (Å²) in [6, 6.07) is 13.1. The first-order chi connectivity index (χ1) is 23.4. The lowest BCUT2D eigenvalue weighted by molar-refractivity contribution is -0.120. The number of alkyl halides is 1. The number of halogens is 2. The molecule has 4 aromatic rings. The summed E-state index contributed by atoms with van der Waals surface area (Å²) in [4.78, 5) is 39.3. The van der Waals surface area contributed by atoms with Crippen LogP contribution in [0.1, 0.15) is 55.3 Å². The van der Waals surface area contributed by atoms with E-state index in [0.29, 0.717) is 54.7 Å². The molecule has 248 valence electrons. The highest BCUT2D eigenvalue weighted by Gasteiger charge is 2.49. The van der Waals surface area contributed by atoms with Crippen LogP contribution in [-0.2, 0) is 4.79 Å². The third-order valence-corrected chi connectivity index (χ3v) is 11.1. The molecule has 0 radical (unpaired) electrons. The zero-order chi connectivity index (χ0) is 32.6. The van der Waals surface area contributed by atoms with Crippen molar-refractivity contribution in [2.45, 2.75) is 68.7 Å². The Hall–Kier alpha value is -4.22. The lowest BCUT2D eigenvalue weighted by Crippen LogP contribution is -2.51. The number of carbonyl (C=O) groups excluding carboxylic acids is 2. The quantitative estimate of drug-likeness (QED) is 0.183. The highest BCUT2D eigenvalue weighted by molar-refractivity contribution is 6.12. The molecule has 0 amide bonds. The monoisotopic (exact) mass is 653 g/mol. The number of ether oxygens (including phenoxy) is 2. The van der Waals surface area contributed by atoms with Gasteiger partial charge in [-0.25, -0.2) is 8.78 Å². The fourth-order valence-electron chi connectivity index (χ4n) is 8.75. The molecule has 0 unspecified atom stereocenters. The second-order valence-electron chi connectivity index (χ2n) is 14.3. The van der Waals surface area contributed by atoms with Gasteiger partial charge < -0.3 is 19.7 Å². The molecule has 3 aromatic carbocycles. The Kier molecular flexibility index (Phi) is 7.12. The number of ketones is 1. The van der Waals surface area contributed by atoms with Gasteiger partial charge >= 0.3 is 6.01 Å². The van der Waals surface area contributed by atoms with E-state index < -0.39 is 17.5 Å². The Morgan fingerprint density at radius 2 is 1.85 bits per heavy atom. The average Bonchev–Trinajstić information content (AvgIpc) is 3.69. The molecule has 1 saturated carbocycles. The van der Waals surface area contributed by atoms with Crippen LogP contribution in [0.3, 0.4) is 0 Å². The van der Waals surface area contributed by atoms with Crippen LogP contribution in [0.25, 0.3) is 32.8 Å². The molecule has 0 spiro atoms. The molecule has 9 rings (SSSR count).